The van der Waals surface area contributed by atoms with Crippen molar-refractivity contribution in [1.82, 2.24) is 39.9 Å². The van der Waals surface area contributed by atoms with Crippen LogP contribution in [0.1, 0.15) is 74.1 Å². The van der Waals surface area contributed by atoms with E-state index in [0.29, 0.717) is 43.0 Å². The molecule has 280 valence electrons. The molecule has 4 aromatic rings. The first kappa shape index (κ1) is 39.6. The minimum Gasteiger partial charge on any atom is -0.367 e. The number of rotatable bonds is 5. The summed E-state index contributed by atoms with van der Waals surface area (Å²) < 4.78 is 126. The molecule has 0 spiro atoms. The van der Waals surface area contributed by atoms with Crippen molar-refractivity contribution < 1.29 is 43.9 Å². The van der Waals surface area contributed by atoms with E-state index >= 15 is 0 Å². The average molecular weight is 759 g/mol. The van der Waals surface area contributed by atoms with Crippen molar-refractivity contribution in [1.29, 1.82) is 0 Å². The fourth-order valence-electron chi connectivity index (χ4n) is 5.12. The number of nitrogens with zero attached hydrogens (tertiary/aromatic N) is 7. The minimum atomic E-state index is -4.55. The average Bonchev–Trinajstić information content (AvgIpc) is 3.73. The summed E-state index contributed by atoms with van der Waals surface area (Å²) in [6.07, 6.45) is -5.69. The lowest BCUT2D eigenvalue weighted by molar-refractivity contribution is -0.142. The van der Waals surface area contributed by atoms with E-state index in [1.165, 1.54) is 0 Å². The molecule has 4 heterocycles. The van der Waals surface area contributed by atoms with Gasteiger partial charge in [-0.1, -0.05) is 0 Å². The third kappa shape index (κ3) is 12.5. The van der Waals surface area contributed by atoms with Crippen LogP contribution in [0.4, 0.5) is 55.5 Å². The number of H-pyrrole nitrogens is 1. The third-order valence-electron chi connectivity index (χ3n) is 7.70. The van der Waals surface area contributed by atoms with Crippen molar-refractivity contribution in [3.63, 3.8) is 0 Å². The second kappa shape index (κ2) is 16.0. The largest absolute Gasteiger partial charge is 0.435 e. The highest BCUT2D eigenvalue weighted by Gasteiger charge is 2.37. The maximum absolute atomic E-state index is 13.2. The van der Waals surface area contributed by atoms with Crippen LogP contribution in [0.25, 0.3) is 5.95 Å². The second-order valence-corrected chi connectivity index (χ2v) is 12.4. The number of anilines is 2. The molecule has 10 nitrogen and oxygen atoms in total. The van der Waals surface area contributed by atoms with Crippen LogP contribution >= 0.6 is 11.6 Å². The molecule has 0 atom stereocenters. The van der Waals surface area contributed by atoms with Crippen LogP contribution in [-0.4, -0.2) is 63.8 Å². The number of aromatic amines is 1. The summed E-state index contributed by atoms with van der Waals surface area (Å²) in [7, 11) is 0. The molecule has 21 heteroatoms. The Morgan fingerprint density at radius 2 is 1.25 bits per heavy atom. The first-order valence-corrected chi connectivity index (χ1v) is 15.9. The lowest BCUT2D eigenvalue weighted by atomic mass is 9.92. The molecule has 2 aliphatic rings. The molecule has 2 aliphatic carbocycles. The van der Waals surface area contributed by atoms with Crippen LogP contribution in [0.5, 0.6) is 0 Å². The van der Waals surface area contributed by atoms with Gasteiger partial charge in [-0.3, -0.25) is 5.10 Å². The molecule has 0 bridgehead atoms. The maximum Gasteiger partial charge on any atom is 0.435 e. The van der Waals surface area contributed by atoms with Crippen LogP contribution in [0.15, 0.2) is 36.7 Å². The predicted molar refractivity (Wildman–Crippen MR) is 166 cm³/mol. The zero-order valence-electron chi connectivity index (χ0n) is 27.1. The predicted octanol–water partition coefficient (Wildman–Crippen LogP) is 8.84. The highest BCUT2D eigenvalue weighted by molar-refractivity contribution is 6.28. The molecule has 0 radical (unpaired) electrons. The van der Waals surface area contributed by atoms with E-state index in [1.807, 2.05) is 6.92 Å². The fourth-order valence-corrected chi connectivity index (χ4v) is 5.35. The van der Waals surface area contributed by atoms with Gasteiger partial charge in [0, 0.05) is 73.7 Å². The van der Waals surface area contributed by atoms with Gasteiger partial charge in [0.2, 0.25) is 17.1 Å². The zero-order valence-corrected chi connectivity index (χ0v) is 27.8. The van der Waals surface area contributed by atoms with E-state index in [9.17, 15) is 43.9 Å². The van der Waals surface area contributed by atoms with Gasteiger partial charge in [-0.2, -0.15) is 41.5 Å². The lowest BCUT2D eigenvalue weighted by Crippen LogP contribution is -2.32. The molecule has 0 saturated heterocycles. The molecule has 3 N–H and O–H groups in total. The summed E-state index contributed by atoms with van der Waals surface area (Å²) in [5.74, 6) is -4.16. The molecule has 4 aromatic heterocycles. The summed E-state index contributed by atoms with van der Waals surface area (Å²) in [4.78, 5) is 16.2. The van der Waals surface area contributed by atoms with Crippen LogP contribution in [0.2, 0.25) is 5.28 Å². The molecule has 0 unspecified atom stereocenters. The highest BCUT2D eigenvalue weighted by Crippen LogP contribution is 2.35. The normalized spacial score (nSPS) is 17.8. The van der Waals surface area contributed by atoms with Crippen LogP contribution in [0.3, 0.4) is 0 Å². The van der Waals surface area contributed by atoms with Crippen molar-refractivity contribution in [3.8, 4) is 5.95 Å². The summed E-state index contributed by atoms with van der Waals surface area (Å²) in [5.41, 5.74) is -0.574. The standard InChI is InChI=1S/C15H16F5N5.C11H14ClF2N3.C4H3F3N2/c1-9-8-12(22-10-2-5-14(16,17)6-3-10)23-13(21-9)25-7-4-11(24-25)15(18,19)20;1-7-6-9(17-10(12)15-7)16-8-2-4-11(13,14)5-3-8;5-4(6,7)3-1-2-8-9-3/h4,7-8,10H,2-3,5-6H2,1H3,(H,21,22,23);6,8H,2-5H2,1H3,(H,15,16,17);1-2H,(H,8,9). The van der Waals surface area contributed by atoms with Gasteiger partial charge >= 0.3 is 12.4 Å². The van der Waals surface area contributed by atoms with Gasteiger partial charge in [0.05, 0.1) is 0 Å². The third-order valence-corrected chi connectivity index (χ3v) is 7.87. The van der Waals surface area contributed by atoms with Crippen molar-refractivity contribution >= 4 is 23.2 Å². The lowest BCUT2D eigenvalue weighted by Gasteiger charge is -2.29. The molecule has 51 heavy (non-hydrogen) atoms. The molecule has 2 saturated carbocycles. The van der Waals surface area contributed by atoms with Crippen molar-refractivity contribution in [2.75, 3.05) is 10.6 Å². The molecule has 2 fully saturated rings. The zero-order chi connectivity index (χ0) is 37.6. The van der Waals surface area contributed by atoms with Gasteiger partial charge in [0.25, 0.3) is 5.95 Å². The first-order valence-electron chi connectivity index (χ1n) is 15.5. The number of hydrogen-bond donors (Lipinski definition) is 3. The summed E-state index contributed by atoms with van der Waals surface area (Å²) in [6.45, 7) is 3.48. The van der Waals surface area contributed by atoms with Gasteiger partial charge in [-0.25, -0.2) is 37.2 Å². The topological polar surface area (TPSA) is 122 Å². The van der Waals surface area contributed by atoms with Crippen molar-refractivity contribution in [2.24, 2.45) is 0 Å². The number of aromatic nitrogens is 8. The minimum absolute atomic E-state index is 0.0147. The highest BCUT2D eigenvalue weighted by atomic mass is 35.5. The van der Waals surface area contributed by atoms with E-state index in [0.717, 1.165) is 34.9 Å². The fraction of sp³-hybridized carbons (Fsp3) is 0.533. The quantitative estimate of drug-likeness (QED) is 0.136. The number of nitrogens with one attached hydrogen (secondary N) is 3. The Kier molecular flexibility index (Phi) is 12.4. The maximum atomic E-state index is 13.2. The summed E-state index contributed by atoms with van der Waals surface area (Å²) in [5, 5.41) is 14.8. The Balaban J connectivity index is 0.000000192. The van der Waals surface area contributed by atoms with Gasteiger partial charge in [0.15, 0.2) is 5.69 Å². The van der Waals surface area contributed by atoms with E-state index in [-0.39, 0.29) is 49.0 Å². The SMILES string of the molecule is Cc1cc(NC2CCC(F)(F)CC2)nc(-n2ccc(C(F)(F)F)n2)n1.Cc1cc(NC2CCC(F)(F)CC2)nc(Cl)n1.FC(F)(F)c1ccn[nH]1. The van der Waals surface area contributed by atoms with E-state index in [4.69, 9.17) is 11.6 Å². The number of halogens is 11. The summed E-state index contributed by atoms with van der Waals surface area (Å²) >= 11 is 5.73. The summed E-state index contributed by atoms with van der Waals surface area (Å²) in [6, 6.07) is 4.97. The number of hydrogen-bond acceptors (Lipinski definition) is 8. The Bertz CT molecular complexity index is 1670. The molecular formula is C30H33ClF10N10. The van der Waals surface area contributed by atoms with E-state index in [1.54, 1.807) is 24.2 Å². The van der Waals surface area contributed by atoms with E-state index < -0.39 is 35.6 Å². The van der Waals surface area contributed by atoms with Crippen LogP contribution in [-0.2, 0) is 12.4 Å². The smallest absolute Gasteiger partial charge is 0.367 e. The monoisotopic (exact) mass is 758 g/mol. The molecule has 0 aliphatic heterocycles. The van der Waals surface area contributed by atoms with Crippen molar-refractivity contribution in [2.45, 2.75) is 101 Å². The number of aryl methyl sites for hydroxylation is 2. The Hall–Kier alpha value is -4.23. The molecule has 6 rings (SSSR count). The van der Waals surface area contributed by atoms with Gasteiger partial charge in [0.1, 0.15) is 17.3 Å². The van der Waals surface area contributed by atoms with Crippen LogP contribution in [0, 0.1) is 13.8 Å². The number of alkyl halides is 10. The van der Waals surface area contributed by atoms with E-state index in [2.05, 4.69) is 40.8 Å². The van der Waals surface area contributed by atoms with Crippen LogP contribution < -0.4 is 10.6 Å². The van der Waals surface area contributed by atoms with Gasteiger partial charge in [-0.05, 0) is 63.3 Å². The Morgan fingerprint density at radius 1 is 0.745 bits per heavy atom. The van der Waals surface area contributed by atoms with Crippen molar-refractivity contribution in [3.05, 3.63) is 64.7 Å². The first-order chi connectivity index (χ1) is 23.7. The Morgan fingerprint density at radius 3 is 1.67 bits per heavy atom. The molecule has 0 aromatic carbocycles. The van der Waals surface area contributed by atoms with Gasteiger partial charge in [-0.15, -0.1) is 0 Å². The van der Waals surface area contributed by atoms with Gasteiger partial charge < -0.3 is 10.6 Å². The molecule has 0 amide bonds. The second-order valence-electron chi connectivity index (χ2n) is 12.0. The Labute approximate surface area is 289 Å². The molecular weight excluding hydrogens is 726 g/mol.